The van der Waals surface area contributed by atoms with Crippen LogP contribution in [0.25, 0.3) is 0 Å². The van der Waals surface area contributed by atoms with Gasteiger partial charge in [-0.3, -0.25) is 14.4 Å². The highest BCUT2D eigenvalue weighted by Crippen LogP contribution is 2.18. The van der Waals surface area contributed by atoms with Crippen LogP contribution in [0.5, 0.6) is 0 Å². The van der Waals surface area contributed by atoms with Crippen molar-refractivity contribution in [1.82, 2.24) is 15.5 Å². The van der Waals surface area contributed by atoms with E-state index in [4.69, 9.17) is 5.73 Å². The molecular weight excluding hydrogens is 376 g/mol. The Hall–Kier alpha value is -2.16. The van der Waals surface area contributed by atoms with E-state index in [1.165, 1.54) is 11.8 Å². The van der Waals surface area contributed by atoms with Gasteiger partial charge in [0.1, 0.15) is 18.1 Å². The number of nitrogens with two attached hydrogens (primary N) is 1. The molecule has 9 heteroatoms. The number of rotatable bonds is 10. The lowest BCUT2D eigenvalue weighted by Gasteiger charge is -2.28. The van der Waals surface area contributed by atoms with E-state index in [0.29, 0.717) is 25.8 Å². The molecule has 1 heterocycles. The molecule has 0 aromatic carbocycles. The SMILES string of the molecule is CC[C@H](C)[C@H](N)C(=O)N[C@@H](CC(C)C)C(=O)N[C@@H](C)C(=O)N1CCC[C@H]1C(=O)O. The second-order valence-corrected chi connectivity index (χ2v) is 8.36. The smallest absolute Gasteiger partial charge is 0.326 e. The molecule has 0 aromatic rings. The van der Waals surface area contributed by atoms with E-state index in [0.717, 1.165) is 6.42 Å². The van der Waals surface area contributed by atoms with Crippen molar-refractivity contribution in [2.24, 2.45) is 17.6 Å². The van der Waals surface area contributed by atoms with Crippen LogP contribution in [0.15, 0.2) is 0 Å². The summed E-state index contributed by atoms with van der Waals surface area (Å²) in [5.74, 6) is -2.25. The number of nitrogens with zero attached hydrogens (tertiary/aromatic N) is 1. The van der Waals surface area contributed by atoms with E-state index >= 15 is 0 Å². The fourth-order valence-electron chi connectivity index (χ4n) is 3.39. The first-order valence-corrected chi connectivity index (χ1v) is 10.4. The van der Waals surface area contributed by atoms with Crippen LogP contribution in [0.1, 0.15) is 60.3 Å². The third-order valence-electron chi connectivity index (χ3n) is 5.45. The minimum Gasteiger partial charge on any atom is -0.480 e. The molecule has 0 radical (unpaired) electrons. The topological polar surface area (TPSA) is 142 Å². The van der Waals surface area contributed by atoms with Crippen LogP contribution in [0.3, 0.4) is 0 Å². The third kappa shape index (κ3) is 6.99. The predicted molar refractivity (Wildman–Crippen MR) is 109 cm³/mol. The molecule has 1 aliphatic rings. The maximum absolute atomic E-state index is 12.8. The van der Waals surface area contributed by atoms with Crippen LogP contribution in [0, 0.1) is 11.8 Å². The first kappa shape index (κ1) is 24.9. The molecule has 0 aliphatic carbocycles. The van der Waals surface area contributed by atoms with Gasteiger partial charge in [0.15, 0.2) is 0 Å². The maximum Gasteiger partial charge on any atom is 0.326 e. The molecule has 0 aromatic heterocycles. The number of carboxylic acid groups (broad SMARTS) is 1. The third-order valence-corrected chi connectivity index (χ3v) is 5.45. The Morgan fingerprint density at radius 1 is 1.10 bits per heavy atom. The number of nitrogens with one attached hydrogen (secondary N) is 2. The minimum atomic E-state index is -1.04. The van der Waals surface area contributed by atoms with Crippen LogP contribution >= 0.6 is 0 Å². The summed E-state index contributed by atoms with van der Waals surface area (Å²) in [5, 5.41) is 14.6. The number of hydrogen-bond donors (Lipinski definition) is 4. The summed E-state index contributed by atoms with van der Waals surface area (Å²) < 4.78 is 0. The minimum absolute atomic E-state index is 0.0265. The molecule has 0 saturated carbocycles. The van der Waals surface area contributed by atoms with Crippen LogP contribution in [-0.2, 0) is 19.2 Å². The normalized spacial score (nSPS) is 20.7. The highest BCUT2D eigenvalue weighted by atomic mass is 16.4. The number of aliphatic carboxylic acids is 1. The number of likely N-dealkylation sites (tertiary alicyclic amines) is 1. The molecule has 1 aliphatic heterocycles. The summed E-state index contributed by atoms with van der Waals surface area (Å²) in [6, 6.07) is -3.29. The average Bonchev–Trinajstić information content (AvgIpc) is 3.14. The fraction of sp³-hybridized carbons (Fsp3) is 0.800. The van der Waals surface area contributed by atoms with E-state index in [-0.39, 0.29) is 11.8 Å². The van der Waals surface area contributed by atoms with Crippen molar-refractivity contribution < 1.29 is 24.3 Å². The van der Waals surface area contributed by atoms with E-state index in [2.05, 4.69) is 10.6 Å². The summed E-state index contributed by atoms with van der Waals surface area (Å²) in [6.07, 6.45) is 2.15. The van der Waals surface area contributed by atoms with Gasteiger partial charge in [0.2, 0.25) is 17.7 Å². The van der Waals surface area contributed by atoms with E-state index in [1.807, 2.05) is 27.7 Å². The quantitative estimate of drug-likeness (QED) is 0.411. The number of hydrogen-bond acceptors (Lipinski definition) is 5. The molecule has 1 rings (SSSR count). The van der Waals surface area contributed by atoms with Gasteiger partial charge in [-0.15, -0.1) is 0 Å². The van der Waals surface area contributed by atoms with Crippen molar-refractivity contribution in [3.63, 3.8) is 0 Å². The molecule has 3 amide bonds. The van der Waals surface area contributed by atoms with E-state index in [9.17, 15) is 24.3 Å². The molecule has 5 atom stereocenters. The molecule has 0 spiro atoms. The monoisotopic (exact) mass is 412 g/mol. The number of carboxylic acids is 1. The van der Waals surface area contributed by atoms with Gasteiger partial charge in [-0.1, -0.05) is 34.1 Å². The molecule has 166 valence electrons. The zero-order valence-electron chi connectivity index (χ0n) is 18.1. The lowest BCUT2D eigenvalue weighted by Crippen LogP contribution is -2.57. The van der Waals surface area contributed by atoms with Crippen molar-refractivity contribution >= 4 is 23.7 Å². The van der Waals surface area contributed by atoms with Crippen LogP contribution in [0.2, 0.25) is 0 Å². The lowest BCUT2D eigenvalue weighted by atomic mass is 9.97. The Kier molecular flexibility index (Phi) is 9.55. The Balaban J connectivity index is 2.79. The number of amides is 3. The van der Waals surface area contributed by atoms with Gasteiger partial charge < -0.3 is 26.4 Å². The Bertz CT molecular complexity index is 610. The maximum atomic E-state index is 12.8. The largest absolute Gasteiger partial charge is 0.480 e. The van der Waals surface area contributed by atoms with Crippen molar-refractivity contribution in [3.05, 3.63) is 0 Å². The summed E-state index contributed by atoms with van der Waals surface area (Å²) in [4.78, 5) is 50.4. The average molecular weight is 413 g/mol. The number of carbonyl (C=O) groups excluding carboxylic acids is 3. The summed E-state index contributed by atoms with van der Waals surface area (Å²) >= 11 is 0. The van der Waals surface area contributed by atoms with Gasteiger partial charge in [0, 0.05) is 6.54 Å². The first-order chi connectivity index (χ1) is 13.5. The van der Waals surface area contributed by atoms with E-state index in [1.54, 1.807) is 0 Å². The van der Waals surface area contributed by atoms with Gasteiger partial charge in [0.05, 0.1) is 6.04 Å². The molecule has 0 bridgehead atoms. The van der Waals surface area contributed by atoms with Crippen LogP contribution in [-0.4, -0.2) is 64.4 Å². The molecular formula is C20H36N4O5. The van der Waals surface area contributed by atoms with E-state index < -0.39 is 47.9 Å². The fourth-order valence-corrected chi connectivity index (χ4v) is 3.39. The number of carbonyl (C=O) groups is 4. The summed E-state index contributed by atoms with van der Waals surface area (Å²) in [7, 11) is 0. The second-order valence-electron chi connectivity index (χ2n) is 8.36. The van der Waals surface area contributed by atoms with Gasteiger partial charge in [0.25, 0.3) is 0 Å². The van der Waals surface area contributed by atoms with Crippen molar-refractivity contribution in [2.75, 3.05) is 6.54 Å². The standard InChI is InChI=1S/C20H36N4O5/c1-6-12(4)16(21)18(26)23-14(10-11(2)3)17(25)22-13(5)19(27)24-9-7-8-15(24)20(28)29/h11-16H,6-10,21H2,1-5H3,(H,22,25)(H,23,26)(H,28,29)/t12-,13-,14-,15-,16-/m0/s1. The first-order valence-electron chi connectivity index (χ1n) is 10.4. The Morgan fingerprint density at radius 3 is 2.24 bits per heavy atom. The Labute approximate surface area is 172 Å². The zero-order valence-corrected chi connectivity index (χ0v) is 18.1. The zero-order chi connectivity index (χ0) is 22.3. The van der Waals surface area contributed by atoms with Crippen LogP contribution in [0.4, 0.5) is 0 Å². The highest BCUT2D eigenvalue weighted by molar-refractivity contribution is 5.94. The Morgan fingerprint density at radius 2 is 1.72 bits per heavy atom. The van der Waals surface area contributed by atoms with Crippen LogP contribution < -0.4 is 16.4 Å². The van der Waals surface area contributed by atoms with Crippen molar-refractivity contribution in [3.8, 4) is 0 Å². The van der Waals surface area contributed by atoms with Gasteiger partial charge >= 0.3 is 5.97 Å². The second kappa shape index (κ2) is 11.1. The van der Waals surface area contributed by atoms with Crippen molar-refractivity contribution in [2.45, 2.75) is 84.5 Å². The molecule has 9 nitrogen and oxygen atoms in total. The highest BCUT2D eigenvalue weighted by Gasteiger charge is 2.37. The van der Waals surface area contributed by atoms with Crippen molar-refractivity contribution in [1.29, 1.82) is 0 Å². The van der Waals surface area contributed by atoms with Gasteiger partial charge in [-0.25, -0.2) is 4.79 Å². The summed E-state index contributed by atoms with van der Waals surface area (Å²) in [6.45, 7) is 9.54. The van der Waals surface area contributed by atoms with Gasteiger partial charge in [-0.2, -0.15) is 0 Å². The molecule has 29 heavy (non-hydrogen) atoms. The molecule has 1 fully saturated rings. The predicted octanol–water partition coefficient (Wildman–Crippen LogP) is 0.471. The molecule has 5 N–H and O–H groups in total. The lowest BCUT2D eigenvalue weighted by molar-refractivity contribution is -0.149. The molecule has 0 unspecified atom stereocenters. The molecule has 1 saturated heterocycles. The summed E-state index contributed by atoms with van der Waals surface area (Å²) in [5.41, 5.74) is 5.97. The van der Waals surface area contributed by atoms with Gasteiger partial charge in [-0.05, 0) is 38.0 Å².